The molecule has 0 radical (unpaired) electrons. The summed E-state index contributed by atoms with van der Waals surface area (Å²) in [7, 11) is 0. The van der Waals surface area contributed by atoms with Crippen molar-refractivity contribution < 1.29 is 9.53 Å². The Morgan fingerprint density at radius 3 is 2.70 bits per heavy atom. The average Bonchev–Trinajstić information content (AvgIpc) is 2.41. The van der Waals surface area contributed by atoms with Crippen LogP contribution in [0.5, 0.6) is 5.75 Å². The quantitative estimate of drug-likeness (QED) is 0.812. The Balaban J connectivity index is 0.00000361. The Labute approximate surface area is 127 Å². The van der Waals surface area contributed by atoms with Gasteiger partial charge in [-0.3, -0.25) is 4.79 Å². The minimum absolute atomic E-state index is 0. The predicted molar refractivity (Wildman–Crippen MR) is 84.4 cm³/mol. The molecule has 0 aliphatic carbocycles. The van der Waals surface area contributed by atoms with Crippen molar-refractivity contribution in [1.29, 1.82) is 0 Å². The largest absolute Gasteiger partial charge is 0.481 e. The van der Waals surface area contributed by atoms with Crippen LogP contribution >= 0.6 is 12.4 Å². The number of amides is 1. The lowest BCUT2D eigenvalue weighted by Crippen LogP contribution is -2.40. The van der Waals surface area contributed by atoms with E-state index in [1.54, 1.807) is 0 Å². The van der Waals surface area contributed by atoms with Crippen LogP contribution in [-0.4, -0.2) is 25.1 Å². The molecular weight excluding hydrogens is 276 g/mol. The highest BCUT2D eigenvalue weighted by Crippen LogP contribution is 2.15. The van der Waals surface area contributed by atoms with Gasteiger partial charge in [-0.25, -0.2) is 0 Å². The van der Waals surface area contributed by atoms with Crippen LogP contribution < -0.4 is 15.8 Å². The van der Waals surface area contributed by atoms with Gasteiger partial charge in [-0.05, 0) is 43.5 Å². The molecule has 20 heavy (non-hydrogen) atoms. The number of carbonyl (C=O) groups excluding carboxylic acids is 1. The molecule has 1 amide bonds. The molecule has 0 spiro atoms. The maximum Gasteiger partial charge on any atom is 0.261 e. The van der Waals surface area contributed by atoms with Gasteiger partial charge >= 0.3 is 0 Å². The van der Waals surface area contributed by atoms with E-state index in [2.05, 4.69) is 5.32 Å². The van der Waals surface area contributed by atoms with Crippen molar-refractivity contribution in [3.8, 4) is 5.75 Å². The Hall–Kier alpha value is -1.26. The summed E-state index contributed by atoms with van der Waals surface area (Å²) in [4.78, 5) is 12.0. The molecule has 0 aliphatic heterocycles. The first kappa shape index (κ1) is 18.7. The molecule has 0 saturated heterocycles. The van der Waals surface area contributed by atoms with Gasteiger partial charge in [0, 0.05) is 6.54 Å². The van der Waals surface area contributed by atoms with Gasteiger partial charge in [-0.1, -0.05) is 26.0 Å². The summed E-state index contributed by atoms with van der Waals surface area (Å²) in [6.45, 7) is 7.09. The van der Waals surface area contributed by atoms with Crippen molar-refractivity contribution in [2.75, 3.05) is 13.1 Å². The minimum Gasteiger partial charge on any atom is -0.481 e. The summed E-state index contributed by atoms with van der Waals surface area (Å²) in [5.74, 6) is 0.929. The molecular formula is C15H25ClN2O2. The first-order chi connectivity index (χ1) is 9.06. The Morgan fingerprint density at radius 2 is 2.15 bits per heavy atom. The number of nitrogens with one attached hydrogen (secondary N) is 1. The monoisotopic (exact) mass is 300 g/mol. The van der Waals surface area contributed by atoms with E-state index in [9.17, 15) is 4.79 Å². The molecule has 3 N–H and O–H groups in total. The molecule has 0 heterocycles. The lowest BCUT2D eigenvalue weighted by Gasteiger charge is -2.18. The summed E-state index contributed by atoms with van der Waals surface area (Å²) in [5, 5.41) is 2.88. The van der Waals surface area contributed by atoms with Crippen LogP contribution in [0.2, 0.25) is 0 Å². The molecule has 0 aliphatic rings. The molecule has 1 rings (SSSR count). The van der Waals surface area contributed by atoms with E-state index in [4.69, 9.17) is 10.5 Å². The van der Waals surface area contributed by atoms with Crippen LogP contribution in [0, 0.1) is 12.8 Å². The fourth-order valence-corrected chi connectivity index (χ4v) is 1.65. The van der Waals surface area contributed by atoms with E-state index >= 15 is 0 Å². The summed E-state index contributed by atoms with van der Waals surface area (Å²) in [6.07, 6.45) is 0.184. The van der Waals surface area contributed by atoms with Gasteiger partial charge in [-0.15, -0.1) is 12.4 Å². The van der Waals surface area contributed by atoms with Crippen LogP contribution in [0.25, 0.3) is 0 Å². The third kappa shape index (κ3) is 6.26. The highest BCUT2D eigenvalue weighted by atomic mass is 35.5. The number of hydrogen-bond donors (Lipinski definition) is 2. The second kappa shape index (κ2) is 9.61. The highest BCUT2D eigenvalue weighted by Gasteiger charge is 2.18. The SMILES string of the molecule is CCC(Oc1cccc(C)c1)C(=O)NCC(C)CN.Cl. The fourth-order valence-electron chi connectivity index (χ4n) is 1.65. The lowest BCUT2D eigenvalue weighted by atomic mass is 10.1. The van der Waals surface area contributed by atoms with Crippen molar-refractivity contribution in [3.63, 3.8) is 0 Å². The number of benzene rings is 1. The van der Waals surface area contributed by atoms with Gasteiger partial charge in [0.25, 0.3) is 5.91 Å². The van der Waals surface area contributed by atoms with Crippen molar-refractivity contribution in [3.05, 3.63) is 29.8 Å². The zero-order chi connectivity index (χ0) is 14.3. The van der Waals surface area contributed by atoms with Crippen molar-refractivity contribution in [1.82, 2.24) is 5.32 Å². The number of ether oxygens (including phenoxy) is 1. The Bertz CT molecular complexity index is 413. The second-order valence-electron chi connectivity index (χ2n) is 4.92. The smallest absolute Gasteiger partial charge is 0.261 e. The fraction of sp³-hybridized carbons (Fsp3) is 0.533. The molecule has 1 aromatic carbocycles. The molecule has 0 bridgehead atoms. The number of halogens is 1. The standard InChI is InChI=1S/C15H24N2O2.ClH/c1-4-14(15(18)17-10-12(3)9-16)19-13-7-5-6-11(2)8-13;/h5-8,12,14H,4,9-10,16H2,1-3H3,(H,17,18);1H. The average molecular weight is 301 g/mol. The van der Waals surface area contributed by atoms with E-state index in [0.717, 1.165) is 11.3 Å². The summed E-state index contributed by atoms with van der Waals surface area (Å²) in [5.41, 5.74) is 6.64. The topological polar surface area (TPSA) is 64.3 Å². The molecule has 1 aromatic rings. The molecule has 5 heteroatoms. The molecule has 2 atom stereocenters. The van der Waals surface area contributed by atoms with E-state index in [-0.39, 0.29) is 24.2 Å². The Kier molecular flexibility index (Phi) is 9.01. The minimum atomic E-state index is -0.452. The normalized spacial score (nSPS) is 13.0. The molecule has 0 fully saturated rings. The first-order valence-electron chi connectivity index (χ1n) is 6.77. The molecule has 2 unspecified atom stereocenters. The first-order valence-corrected chi connectivity index (χ1v) is 6.77. The van der Waals surface area contributed by atoms with E-state index in [1.807, 2.05) is 45.0 Å². The van der Waals surface area contributed by atoms with Crippen molar-refractivity contribution >= 4 is 18.3 Å². The number of aryl methyl sites for hydroxylation is 1. The van der Waals surface area contributed by atoms with Gasteiger partial charge in [0.2, 0.25) is 0 Å². The Morgan fingerprint density at radius 1 is 1.45 bits per heavy atom. The molecule has 114 valence electrons. The maximum atomic E-state index is 12.0. The predicted octanol–water partition coefficient (Wildman–Crippen LogP) is 2.29. The van der Waals surface area contributed by atoms with E-state index in [0.29, 0.717) is 19.5 Å². The van der Waals surface area contributed by atoms with Gasteiger partial charge in [0.1, 0.15) is 5.75 Å². The third-order valence-electron chi connectivity index (χ3n) is 2.96. The third-order valence-corrected chi connectivity index (χ3v) is 2.96. The van der Waals surface area contributed by atoms with Gasteiger partial charge < -0.3 is 15.8 Å². The van der Waals surface area contributed by atoms with Crippen LogP contribution in [0.4, 0.5) is 0 Å². The molecule has 4 nitrogen and oxygen atoms in total. The van der Waals surface area contributed by atoms with Gasteiger partial charge in [0.15, 0.2) is 6.10 Å². The summed E-state index contributed by atoms with van der Waals surface area (Å²) >= 11 is 0. The maximum absolute atomic E-state index is 12.0. The number of nitrogens with two attached hydrogens (primary N) is 1. The number of rotatable bonds is 7. The van der Waals surface area contributed by atoms with Gasteiger partial charge in [-0.2, -0.15) is 0 Å². The molecule has 0 saturated carbocycles. The van der Waals surface area contributed by atoms with E-state index < -0.39 is 6.10 Å². The van der Waals surface area contributed by atoms with Crippen LogP contribution in [0.3, 0.4) is 0 Å². The number of hydrogen-bond acceptors (Lipinski definition) is 3. The number of carbonyl (C=O) groups is 1. The van der Waals surface area contributed by atoms with Gasteiger partial charge in [0.05, 0.1) is 0 Å². The van der Waals surface area contributed by atoms with Crippen molar-refractivity contribution in [2.45, 2.75) is 33.3 Å². The zero-order valence-electron chi connectivity index (χ0n) is 12.4. The van der Waals surface area contributed by atoms with E-state index in [1.165, 1.54) is 0 Å². The van der Waals surface area contributed by atoms with Crippen molar-refractivity contribution in [2.24, 2.45) is 11.7 Å². The summed E-state index contributed by atoms with van der Waals surface area (Å²) < 4.78 is 5.73. The molecule has 0 aromatic heterocycles. The van der Waals surface area contributed by atoms with Crippen LogP contribution in [0.1, 0.15) is 25.8 Å². The lowest BCUT2D eigenvalue weighted by molar-refractivity contribution is -0.128. The summed E-state index contributed by atoms with van der Waals surface area (Å²) in [6, 6.07) is 7.71. The van der Waals surface area contributed by atoms with Crippen LogP contribution in [0.15, 0.2) is 24.3 Å². The zero-order valence-corrected chi connectivity index (χ0v) is 13.2. The second-order valence-corrected chi connectivity index (χ2v) is 4.92. The highest BCUT2D eigenvalue weighted by molar-refractivity contribution is 5.85. The van der Waals surface area contributed by atoms with Crippen LogP contribution in [-0.2, 0) is 4.79 Å².